The van der Waals surface area contributed by atoms with E-state index in [2.05, 4.69) is 0 Å². The molecule has 1 fully saturated rings. The summed E-state index contributed by atoms with van der Waals surface area (Å²) in [6.45, 7) is 0.665. The van der Waals surface area contributed by atoms with Crippen LogP contribution in [0, 0.1) is 0 Å². The molecule has 9 heteroatoms. The molecule has 1 aromatic heterocycles. The molecule has 0 bridgehead atoms. The number of aliphatic carboxylic acids is 1. The zero-order chi connectivity index (χ0) is 21.5. The Morgan fingerprint density at radius 3 is 2.60 bits per heavy atom. The second-order valence-corrected chi connectivity index (χ2v) is 10.3. The number of piperidine rings is 1. The monoisotopic (exact) mass is 450 g/mol. The van der Waals surface area contributed by atoms with Gasteiger partial charge in [0.05, 0.1) is 5.25 Å². The summed E-state index contributed by atoms with van der Waals surface area (Å²) in [5, 5.41) is 19.5. The van der Waals surface area contributed by atoms with Gasteiger partial charge in [0, 0.05) is 35.2 Å². The predicted octanol–water partition coefficient (Wildman–Crippen LogP) is 3.66. The number of rotatable bonds is 5. The Hall–Kier alpha value is -2.29. The number of sulfonamides is 1. The van der Waals surface area contributed by atoms with Crippen molar-refractivity contribution in [3.8, 4) is 0 Å². The van der Waals surface area contributed by atoms with Crippen molar-refractivity contribution < 1.29 is 23.4 Å². The van der Waals surface area contributed by atoms with Crippen LogP contribution in [0.2, 0.25) is 5.02 Å². The highest BCUT2D eigenvalue weighted by Crippen LogP contribution is 2.37. The fourth-order valence-corrected chi connectivity index (χ4v) is 6.21. The zero-order valence-electron chi connectivity index (χ0n) is 16.2. The van der Waals surface area contributed by atoms with E-state index in [-0.39, 0.29) is 24.6 Å². The van der Waals surface area contributed by atoms with Gasteiger partial charge < -0.3 is 14.8 Å². The number of aromatic nitrogens is 1. The molecule has 0 spiro atoms. The number of fused-ring (bicyclic) bond motifs is 1. The molecule has 30 heavy (non-hydrogen) atoms. The van der Waals surface area contributed by atoms with E-state index in [1.165, 1.54) is 22.5 Å². The van der Waals surface area contributed by atoms with Gasteiger partial charge in [-0.2, -0.15) is 0 Å². The molecule has 1 aliphatic heterocycles. The zero-order valence-corrected chi connectivity index (χ0v) is 17.8. The average Bonchev–Trinajstić information content (AvgIpc) is 3.05. The Balaban J connectivity index is 1.54. The van der Waals surface area contributed by atoms with Gasteiger partial charge in [-0.15, -0.1) is 0 Å². The maximum Gasteiger partial charge on any atom is 0.323 e. The van der Waals surface area contributed by atoms with Crippen molar-refractivity contribution in [2.24, 2.45) is 0 Å². The van der Waals surface area contributed by atoms with Gasteiger partial charge in [-0.25, -0.2) is 12.7 Å². The van der Waals surface area contributed by atoms with Crippen LogP contribution in [0.1, 0.15) is 30.7 Å². The fraction of sp³-hybridized carbons (Fsp3) is 0.381. The lowest BCUT2D eigenvalue weighted by molar-refractivity contribution is -0.137. The van der Waals surface area contributed by atoms with E-state index in [1.54, 1.807) is 10.6 Å². The molecular formula is C21H23ClN2O5S. The van der Waals surface area contributed by atoms with Gasteiger partial charge in [0.2, 0.25) is 10.0 Å². The lowest BCUT2D eigenvalue weighted by atomic mass is 9.90. The maximum atomic E-state index is 12.9. The highest BCUT2D eigenvalue weighted by atomic mass is 35.5. The highest BCUT2D eigenvalue weighted by molar-refractivity contribution is 7.89. The van der Waals surface area contributed by atoms with Crippen LogP contribution in [0.3, 0.4) is 0 Å². The molecule has 2 N–H and O–H groups in total. The van der Waals surface area contributed by atoms with Gasteiger partial charge >= 0.3 is 5.97 Å². The molecule has 0 radical (unpaired) electrons. The van der Waals surface area contributed by atoms with Crippen molar-refractivity contribution in [1.82, 2.24) is 8.87 Å². The summed E-state index contributed by atoms with van der Waals surface area (Å²) in [6.07, 6.45) is 7.92. The van der Waals surface area contributed by atoms with Crippen LogP contribution in [0.25, 0.3) is 10.9 Å². The van der Waals surface area contributed by atoms with Crippen LogP contribution in [0.15, 0.2) is 48.4 Å². The molecule has 1 unspecified atom stereocenters. The van der Waals surface area contributed by atoms with Crippen molar-refractivity contribution in [3.63, 3.8) is 0 Å². The molecule has 2 heterocycles. The van der Waals surface area contributed by atoms with Crippen molar-refractivity contribution in [2.45, 2.75) is 37.0 Å². The summed E-state index contributed by atoms with van der Waals surface area (Å²) in [5.74, 6) is -0.704. The third-order valence-corrected chi connectivity index (χ3v) is 8.29. The number of halogens is 1. The Morgan fingerprint density at radius 1 is 1.23 bits per heavy atom. The Labute approximate surface area is 179 Å². The quantitative estimate of drug-likeness (QED) is 0.724. The fourth-order valence-electron chi connectivity index (χ4n) is 4.32. The minimum absolute atomic E-state index is 0.0940. The number of allylic oxidation sites excluding steroid dienone is 2. The van der Waals surface area contributed by atoms with Gasteiger partial charge in [-0.1, -0.05) is 17.7 Å². The first kappa shape index (κ1) is 21.0. The second-order valence-electron chi connectivity index (χ2n) is 7.75. The minimum atomic E-state index is -3.49. The number of carboxylic acids is 1. The summed E-state index contributed by atoms with van der Waals surface area (Å²) in [5.41, 5.74) is 1.82. The van der Waals surface area contributed by atoms with Crippen molar-refractivity contribution in [2.75, 3.05) is 13.1 Å². The SMILES string of the molecule is O=C(O)Cn1cc(C2CCN(S(=O)(=O)C3C=CC(O)=CC3)CC2)c2cc(Cl)ccc21. The molecule has 2 aliphatic rings. The number of carbonyl (C=O) groups is 1. The van der Waals surface area contributed by atoms with Crippen LogP contribution < -0.4 is 0 Å². The van der Waals surface area contributed by atoms with Crippen LogP contribution in [0.5, 0.6) is 0 Å². The van der Waals surface area contributed by atoms with E-state index < -0.39 is 21.2 Å². The smallest absolute Gasteiger partial charge is 0.323 e. The molecule has 2 aromatic rings. The number of nitrogens with zero attached hydrogens (tertiary/aromatic N) is 2. The average molecular weight is 451 g/mol. The van der Waals surface area contributed by atoms with E-state index in [4.69, 9.17) is 11.6 Å². The van der Waals surface area contributed by atoms with Crippen LogP contribution in [-0.4, -0.2) is 51.8 Å². The first-order valence-corrected chi connectivity index (χ1v) is 11.7. The number of hydrogen-bond acceptors (Lipinski definition) is 4. The van der Waals surface area contributed by atoms with Crippen LogP contribution >= 0.6 is 11.6 Å². The summed E-state index contributed by atoms with van der Waals surface area (Å²) in [4.78, 5) is 11.2. The molecule has 1 aliphatic carbocycles. The van der Waals surface area contributed by atoms with E-state index in [1.807, 2.05) is 18.3 Å². The van der Waals surface area contributed by atoms with E-state index in [0.717, 1.165) is 16.5 Å². The van der Waals surface area contributed by atoms with Gasteiger partial charge in [0.15, 0.2) is 0 Å². The van der Waals surface area contributed by atoms with Crippen LogP contribution in [0.4, 0.5) is 0 Å². The molecular weight excluding hydrogens is 428 g/mol. The second kappa shape index (κ2) is 8.09. The summed E-state index contributed by atoms with van der Waals surface area (Å²) in [6, 6.07) is 5.41. The van der Waals surface area contributed by atoms with Crippen molar-refractivity contribution in [1.29, 1.82) is 0 Å². The molecule has 1 aromatic carbocycles. The summed E-state index contributed by atoms with van der Waals surface area (Å²) >= 11 is 6.18. The number of aliphatic hydroxyl groups is 1. The molecule has 0 amide bonds. The van der Waals surface area contributed by atoms with Gasteiger partial charge in [0.1, 0.15) is 12.3 Å². The van der Waals surface area contributed by atoms with E-state index in [0.29, 0.717) is 31.0 Å². The van der Waals surface area contributed by atoms with Crippen molar-refractivity contribution >= 4 is 38.5 Å². The summed E-state index contributed by atoms with van der Waals surface area (Å²) < 4.78 is 29.1. The molecule has 1 atom stereocenters. The van der Waals surface area contributed by atoms with Gasteiger partial charge in [0.25, 0.3) is 0 Å². The number of hydrogen-bond donors (Lipinski definition) is 2. The lowest BCUT2D eigenvalue weighted by Crippen LogP contribution is -2.42. The first-order chi connectivity index (χ1) is 14.3. The Bertz CT molecular complexity index is 1140. The molecule has 7 nitrogen and oxygen atoms in total. The van der Waals surface area contributed by atoms with E-state index >= 15 is 0 Å². The first-order valence-electron chi connectivity index (χ1n) is 9.82. The Kier molecular flexibility index (Phi) is 5.65. The Morgan fingerprint density at radius 2 is 1.97 bits per heavy atom. The standard InChI is InChI=1S/C21H23ClN2O5S/c22-15-1-6-20-18(11-15)19(12-23(20)13-21(26)27)14-7-9-24(10-8-14)30(28,29)17-4-2-16(25)3-5-17/h1-4,6,11-12,14,17,25H,5,7-10,13H2,(H,26,27). The molecule has 4 rings (SSSR count). The lowest BCUT2D eigenvalue weighted by Gasteiger charge is -2.33. The topological polar surface area (TPSA) is 99.8 Å². The normalized spacial score (nSPS) is 21.1. The number of aliphatic hydroxyl groups excluding tert-OH is 1. The van der Waals surface area contributed by atoms with Gasteiger partial charge in [-0.05, 0) is 61.1 Å². The van der Waals surface area contributed by atoms with Crippen LogP contribution in [-0.2, 0) is 21.4 Å². The minimum Gasteiger partial charge on any atom is -0.508 e. The molecule has 1 saturated heterocycles. The maximum absolute atomic E-state index is 12.9. The predicted molar refractivity (Wildman–Crippen MR) is 115 cm³/mol. The highest BCUT2D eigenvalue weighted by Gasteiger charge is 2.34. The molecule has 160 valence electrons. The number of carboxylic acid groups (broad SMARTS) is 1. The third-order valence-electron chi connectivity index (χ3n) is 5.86. The van der Waals surface area contributed by atoms with Crippen molar-refractivity contribution in [3.05, 3.63) is 59.0 Å². The van der Waals surface area contributed by atoms with Gasteiger partial charge in [-0.3, -0.25) is 4.79 Å². The molecule has 0 saturated carbocycles. The third kappa shape index (κ3) is 3.99. The number of benzene rings is 1. The summed E-state index contributed by atoms with van der Waals surface area (Å²) in [7, 11) is -3.49. The largest absolute Gasteiger partial charge is 0.508 e. The van der Waals surface area contributed by atoms with E-state index in [9.17, 15) is 23.4 Å².